The number of carbonyl (C=O) groups excluding carboxylic acids is 2. The predicted octanol–water partition coefficient (Wildman–Crippen LogP) is 4.76. The summed E-state index contributed by atoms with van der Waals surface area (Å²) in [4.78, 5) is 29.4. The molecule has 1 N–H and O–H groups in total. The van der Waals surface area contributed by atoms with Gasteiger partial charge >= 0.3 is 0 Å². The Kier molecular flexibility index (Phi) is 5.90. The number of anilines is 3. The van der Waals surface area contributed by atoms with Gasteiger partial charge < -0.3 is 5.32 Å². The molecule has 0 unspecified atom stereocenters. The highest BCUT2D eigenvalue weighted by Gasteiger charge is 2.20. The summed E-state index contributed by atoms with van der Waals surface area (Å²) in [5.74, 6) is -2.01. The Bertz CT molecular complexity index is 1050. The molecule has 5 nitrogen and oxygen atoms in total. The largest absolute Gasteiger partial charge is 0.320 e. The van der Waals surface area contributed by atoms with Crippen LogP contribution >= 0.6 is 11.3 Å². The number of aromatic nitrogens is 1. The fourth-order valence-electron chi connectivity index (χ4n) is 2.39. The third-order valence-corrected chi connectivity index (χ3v) is 4.49. The first-order chi connectivity index (χ1) is 13.5. The van der Waals surface area contributed by atoms with Gasteiger partial charge in [0, 0.05) is 18.4 Å². The molecule has 0 saturated heterocycles. The van der Waals surface area contributed by atoms with Crippen LogP contribution < -0.4 is 10.2 Å². The van der Waals surface area contributed by atoms with Crippen molar-refractivity contribution in [3.63, 3.8) is 0 Å². The topological polar surface area (TPSA) is 62.3 Å². The van der Waals surface area contributed by atoms with E-state index in [4.69, 9.17) is 0 Å². The molecule has 1 heterocycles. The second-order valence-corrected chi connectivity index (χ2v) is 6.50. The van der Waals surface area contributed by atoms with Crippen LogP contribution in [0.3, 0.4) is 0 Å². The number of benzene rings is 2. The molecule has 0 spiro atoms. The van der Waals surface area contributed by atoms with Crippen LogP contribution in [-0.4, -0.2) is 16.8 Å². The van der Waals surface area contributed by atoms with Crippen molar-refractivity contribution in [1.82, 2.24) is 4.98 Å². The number of carbonyl (C=O) groups is 2. The molecule has 8 heteroatoms. The normalized spacial score (nSPS) is 10.8. The van der Waals surface area contributed by atoms with Gasteiger partial charge in [0.1, 0.15) is 11.6 Å². The van der Waals surface area contributed by atoms with E-state index in [9.17, 15) is 18.4 Å². The second kappa shape index (κ2) is 8.53. The number of nitrogens with zero attached hydrogens (tertiary/aromatic N) is 2. The molecule has 0 aliphatic carbocycles. The summed E-state index contributed by atoms with van der Waals surface area (Å²) < 4.78 is 27.6. The third-order valence-electron chi connectivity index (χ3n) is 3.65. The Morgan fingerprint density at radius 2 is 1.75 bits per heavy atom. The van der Waals surface area contributed by atoms with Crippen LogP contribution in [0.5, 0.6) is 0 Å². The molecular weight excluding hydrogens is 384 g/mol. The van der Waals surface area contributed by atoms with Crippen molar-refractivity contribution in [3.8, 4) is 0 Å². The van der Waals surface area contributed by atoms with Gasteiger partial charge in [0.25, 0.3) is 0 Å². The third kappa shape index (κ3) is 4.47. The number of hydrogen-bond acceptors (Lipinski definition) is 4. The predicted molar refractivity (Wildman–Crippen MR) is 105 cm³/mol. The average molecular weight is 399 g/mol. The summed E-state index contributed by atoms with van der Waals surface area (Å²) in [6, 6.07) is 11.7. The number of nitrogens with one attached hydrogen (secondary N) is 1. The van der Waals surface area contributed by atoms with Crippen molar-refractivity contribution in [2.24, 2.45) is 0 Å². The van der Waals surface area contributed by atoms with Crippen molar-refractivity contribution >= 4 is 45.7 Å². The fourth-order valence-corrected chi connectivity index (χ4v) is 3.24. The Morgan fingerprint density at radius 1 is 1.07 bits per heavy atom. The summed E-state index contributed by atoms with van der Waals surface area (Å²) in [5.41, 5.74) is 0.571. The van der Waals surface area contributed by atoms with Crippen LogP contribution in [0.25, 0.3) is 6.08 Å². The van der Waals surface area contributed by atoms with Crippen LogP contribution in [-0.2, 0) is 9.59 Å². The average Bonchev–Trinajstić information content (AvgIpc) is 3.12. The van der Waals surface area contributed by atoms with Gasteiger partial charge in [-0.2, -0.15) is 0 Å². The standard InChI is InChI=1S/C20H15F2N3O2S/c1-13(26)25(18-9-5-3-7-16(18)22)20-23-14(12-28-20)10-11-19(27)24-17-8-4-2-6-15(17)21/h2-12H,1H3,(H,24,27)/b11-10+. The summed E-state index contributed by atoms with van der Waals surface area (Å²) >= 11 is 1.13. The number of rotatable bonds is 5. The van der Waals surface area contributed by atoms with E-state index in [0.29, 0.717) is 5.69 Å². The zero-order valence-corrected chi connectivity index (χ0v) is 15.5. The molecule has 0 aliphatic heterocycles. The molecule has 142 valence electrons. The maximum atomic E-state index is 14.1. The SMILES string of the molecule is CC(=O)N(c1nc(/C=C/C(=O)Nc2ccccc2F)cs1)c1ccccc1F. The van der Waals surface area contributed by atoms with E-state index in [0.717, 1.165) is 16.2 Å². The van der Waals surface area contributed by atoms with E-state index in [-0.39, 0.29) is 16.5 Å². The van der Waals surface area contributed by atoms with Gasteiger partial charge in [0.05, 0.1) is 17.1 Å². The van der Waals surface area contributed by atoms with E-state index in [1.165, 1.54) is 55.5 Å². The van der Waals surface area contributed by atoms with Crippen molar-refractivity contribution in [2.45, 2.75) is 6.92 Å². The highest BCUT2D eigenvalue weighted by Crippen LogP contribution is 2.31. The summed E-state index contributed by atoms with van der Waals surface area (Å²) in [6.07, 6.45) is 2.63. The zero-order chi connectivity index (χ0) is 20.1. The molecule has 3 rings (SSSR count). The minimum absolute atomic E-state index is 0.0680. The van der Waals surface area contributed by atoms with Gasteiger partial charge in [-0.15, -0.1) is 11.3 Å². The minimum atomic E-state index is -0.547. The lowest BCUT2D eigenvalue weighted by atomic mass is 10.3. The molecule has 0 fully saturated rings. The van der Waals surface area contributed by atoms with E-state index in [1.54, 1.807) is 17.5 Å². The molecule has 28 heavy (non-hydrogen) atoms. The highest BCUT2D eigenvalue weighted by molar-refractivity contribution is 7.14. The Morgan fingerprint density at radius 3 is 2.43 bits per heavy atom. The molecular formula is C20H15F2N3O2S. The first-order valence-corrected chi connectivity index (χ1v) is 9.08. The lowest BCUT2D eigenvalue weighted by Gasteiger charge is -2.18. The molecule has 1 aromatic heterocycles. The van der Waals surface area contributed by atoms with E-state index in [1.807, 2.05) is 0 Å². The quantitative estimate of drug-likeness (QED) is 0.630. The molecule has 3 aromatic rings. The van der Waals surface area contributed by atoms with Gasteiger partial charge in [0.15, 0.2) is 5.13 Å². The maximum absolute atomic E-state index is 14.1. The summed E-state index contributed by atoms with van der Waals surface area (Å²) in [7, 11) is 0. The summed E-state index contributed by atoms with van der Waals surface area (Å²) in [6.45, 7) is 1.31. The van der Waals surface area contributed by atoms with Gasteiger partial charge in [-0.1, -0.05) is 24.3 Å². The number of para-hydroxylation sites is 2. The lowest BCUT2D eigenvalue weighted by molar-refractivity contribution is -0.116. The van der Waals surface area contributed by atoms with Crippen molar-refractivity contribution < 1.29 is 18.4 Å². The molecule has 2 amide bonds. The first kappa shape index (κ1) is 19.4. The second-order valence-electron chi connectivity index (χ2n) is 5.66. The van der Waals surface area contributed by atoms with E-state index < -0.39 is 23.4 Å². The maximum Gasteiger partial charge on any atom is 0.248 e. The molecule has 2 aromatic carbocycles. The molecule has 0 saturated carbocycles. The first-order valence-electron chi connectivity index (χ1n) is 8.20. The molecule has 0 atom stereocenters. The molecule has 0 aliphatic rings. The van der Waals surface area contributed by atoms with Gasteiger partial charge in [-0.05, 0) is 30.3 Å². The van der Waals surface area contributed by atoms with Crippen LogP contribution in [0, 0.1) is 11.6 Å². The number of thiazole rings is 1. The monoisotopic (exact) mass is 399 g/mol. The smallest absolute Gasteiger partial charge is 0.248 e. The Hall–Kier alpha value is -3.39. The highest BCUT2D eigenvalue weighted by atomic mass is 32.1. The Balaban J connectivity index is 1.76. The van der Waals surface area contributed by atoms with E-state index in [2.05, 4.69) is 10.3 Å². The van der Waals surface area contributed by atoms with Crippen molar-refractivity contribution in [3.05, 3.63) is 77.3 Å². The van der Waals surface area contributed by atoms with Crippen molar-refractivity contribution in [1.29, 1.82) is 0 Å². The summed E-state index contributed by atoms with van der Waals surface area (Å²) in [5, 5.41) is 4.32. The van der Waals surface area contributed by atoms with Crippen LogP contribution in [0.1, 0.15) is 12.6 Å². The fraction of sp³-hybridized carbons (Fsp3) is 0.0500. The molecule has 0 bridgehead atoms. The minimum Gasteiger partial charge on any atom is -0.320 e. The van der Waals surface area contributed by atoms with Gasteiger partial charge in [-0.25, -0.2) is 13.8 Å². The number of halogens is 2. The number of hydrogen-bond donors (Lipinski definition) is 1. The number of amides is 2. The van der Waals surface area contributed by atoms with Crippen LogP contribution in [0.15, 0.2) is 60.0 Å². The van der Waals surface area contributed by atoms with Crippen LogP contribution in [0.2, 0.25) is 0 Å². The van der Waals surface area contributed by atoms with Crippen LogP contribution in [0.4, 0.5) is 25.3 Å². The Labute approximate surface area is 164 Å². The van der Waals surface area contributed by atoms with Gasteiger partial charge in [0.2, 0.25) is 11.8 Å². The lowest BCUT2D eigenvalue weighted by Crippen LogP contribution is -2.23. The molecule has 0 radical (unpaired) electrons. The zero-order valence-electron chi connectivity index (χ0n) is 14.7. The van der Waals surface area contributed by atoms with Gasteiger partial charge in [-0.3, -0.25) is 14.5 Å². The van der Waals surface area contributed by atoms with Crippen molar-refractivity contribution in [2.75, 3.05) is 10.2 Å². The van der Waals surface area contributed by atoms with E-state index >= 15 is 0 Å².